The first-order chi connectivity index (χ1) is 24.1. The Morgan fingerprint density at radius 3 is 1.38 bits per heavy atom. The number of aliphatic hydroxyl groups excluding tert-OH is 1. The molecule has 2 atom stereocenters. The number of hydrogen-bond acceptors (Lipinski definition) is 8. The molecule has 292 valence electrons. The highest BCUT2D eigenvalue weighted by atomic mass is 35.5. The number of ether oxygens (including phenoxy) is 3. The number of carbonyl (C=O) groups is 4. The van der Waals surface area contributed by atoms with Gasteiger partial charge in [-0.25, -0.2) is 0 Å². The van der Waals surface area contributed by atoms with Crippen LogP contribution < -0.4 is 10.6 Å². The maximum absolute atomic E-state index is 12.9. The van der Waals surface area contributed by atoms with Crippen molar-refractivity contribution in [1.29, 1.82) is 0 Å². The van der Waals surface area contributed by atoms with Crippen LogP contribution >= 0.6 is 11.6 Å². The maximum atomic E-state index is 12.9. The van der Waals surface area contributed by atoms with Gasteiger partial charge in [-0.1, -0.05) is 56.2 Å². The molecule has 0 fully saturated rings. The zero-order valence-corrected chi connectivity index (χ0v) is 35.2. The summed E-state index contributed by atoms with van der Waals surface area (Å²) in [6, 6.07) is 8.08. The summed E-state index contributed by atoms with van der Waals surface area (Å²) in [5, 5.41) is 16.0. The minimum absolute atomic E-state index is 0.0550. The van der Waals surface area contributed by atoms with E-state index >= 15 is 0 Å². The van der Waals surface area contributed by atoms with E-state index in [4.69, 9.17) is 25.8 Å². The van der Waals surface area contributed by atoms with Crippen molar-refractivity contribution < 1.29 is 38.5 Å². The van der Waals surface area contributed by atoms with Gasteiger partial charge < -0.3 is 30.0 Å². The standard InChI is InChI=1S/C21H29NO4.C16H21NO3.C5H9ClO/c1-12-9-13(2)15(14(3)10-12)16-17(26-19(24)20(4,5)6)21(7,11-25-8)22-18(16)23;1-9-6-10(2)12(11(3)7-9)13-14(18)16(4,8-20-5)17-15(13)19;1-5(2,3)4(6)7/h9-10H,11H2,1-8H3,(H,22,23);6-7,18H,8H2,1-5H3,(H,17,19);1-3H3. The van der Waals surface area contributed by atoms with Gasteiger partial charge >= 0.3 is 5.97 Å². The molecule has 0 bridgehead atoms. The second-order valence-corrected chi connectivity index (χ2v) is 16.9. The van der Waals surface area contributed by atoms with Crippen molar-refractivity contribution in [3.8, 4) is 0 Å². The number of amides is 2. The first-order valence-electron chi connectivity index (χ1n) is 17.5. The molecule has 2 aromatic carbocycles. The lowest BCUT2D eigenvalue weighted by Crippen LogP contribution is -2.46. The summed E-state index contributed by atoms with van der Waals surface area (Å²) in [5.74, 6) is -0.501. The molecule has 2 amide bonds. The van der Waals surface area contributed by atoms with Crippen molar-refractivity contribution in [3.63, 3.8) is 0 Å². The zero-order valence-electron chi connectivity index (χ0n) is 34.4. The van der Waals surface area contributed by atoms with E-state index in [0.29, 0.717) is 16.9 Å². The van der Waals surface area contributed by atoms with Crippen molar-refractivity contribution in [2.24, 2.45) is 10.8 Å². The Morgan fingerprint density at radius 1 is 0.679 bits per heavy atom. The Kier molecular flexibility index (Phi) is 14.5. The van der Waals surface area contributed by atoms with Crippen LogP contribution in [0.4, 0.5) is 0 Å². The molecule has 3 N–H and O–H groups in total. The molecule has 2 unspecified atom stereocenters. The fourth-order valence-corrected chi connectivity index (χ4v) is 6.31. The molecule has 0 aliphatic carbocycles. The minimum Gasteiger partial charge on any atom is -0.509 e. The third-order valence-electron chi connectivity index (χ3n) is 8.84. The summed E-state index contributed by atoms with van der Waals surface area (Å²) in [6.07, 6.45) is 0. The fourth-order valence-electron chi connectivity index (χ4n) is 6.31. The molecule has 0 saturated heterocycles. The van der Waals surface area contributed by atoms with Crippen LogP contribution in [-0.2, 0) is 33.4 Å². The lowest BCUT2D eigenvalue weighted by atomic mass is 9.90. The van der Waals surface area contributed by atoms with E-state index in [1.165, 1.54) is 0 Å². The third kappa shape index (κ3) is 10.6. The SMILES string of the molecule is CC(C)(C)C(=O)Cl.COCC1(C)NC(=O)C(c2c(C)cc(C)cc2C)=C1O.COCC1(C)NC(=O)C(c2c(C)cc(C)cc2C)=C1OC(=O)C(C)(C)C. The highest BCUT2D eigenvalue weighted by molar-refractivity contribution is 6.64. The maximum Gasteiger partial charge on any atom is 0.316 e. The van der Waals surface area contributed by atoms with Gasteiger partial charge in [0.15, 0.2) is 0 Å². The quantitative estimate of drug-likeness (QED) is 0.193. The monoisotopic (exact) mass is 754 g/mol. The molecule has 0 aromatic heterocycles. The van der Waals surface area contributed by atoms with Gasteiger partial charge in [-0.2, -0.15) is 0 Å². The van der Waals surface area contributed by atoms with Crippen LogP contribution in [0.5, 0.6) is 0 Å². The van der Waals surface area contributed by atoms with Crippen molar-refractivity contribution in [2.45, 2.75) is 108 Å². The predicted molar refractivity (Wildman–Crippen MR) is 210 cm³/mol. The zero-order chi connectivity index (χ0) is 41.0. The van der Waals surface area contributed by atoms with Gasteiger partial charge in [0, 0.05) is 19.6 Å². The molecule has 53 heavy (non-hydrogen) atoms. The van der Waals surface area contributed by atoms with Crippen LogP contribution in [0.15, 0.2) is 35.8 Å². The predicted octanol–water partition coefficient (Wildman–Crippen LogP) is 7.66. The average Bonchev–Trinajstić information content (AvgIpc) is 3.34. The molecular formula is C42H59ClN2O8. The molecule has 0 radical (unpaired) electrons. The van der Waals surface area contributed by atoms with Crippen molar-refractivity contribution in [3.05, 3.63) is 80.3 Å². The van der Waals surface area contributed by atoms with E-state index in [2.05, 4.69) is 10.6 Å². The normalized spacial score (nSPS) is 19.9. The Hall–Kier alpha value is -3.99. The van der Waals surface area contributed by atoms with Gasteiger partial charge in [0.2, 0.25) is 5.24 Å². The first-order valence-corrected chi connectivity index (χ1v) is 17.9. The van der Waals surface area contributed by atoms with E-state index in [1.807, 2.05) is 72.7 Å². The molecule has 10 nitrogen and oxygen atoms in total. The summed E-state index contributed by atoms with van der Waals surface area (Å²) in [4.78, 5) is 48.0. The molecule has 4 rings (SSSR count). The molecule has 11 heteroatoms. The summed E-state index contributed by atoms with van der Waals surface area (Å²) in [6.45, 7) is 26.6. The van der Waals surface area contributed by atoms with E-state index in [0.717, 1.165) is 44.5 Å². The number of nitrogens with one attached hydrogen (secondary N) is 2. The fraction of sp³-hybridized carbons (Fsp3) is 0.524. The smallest absolute Gasteiger partial charge is 0.316 e. The number of esters is 1. The number of carbonyl (C=O) groups excluding carboxylic acids is 4. The lowest BCUT2D eigenvalue weighted by molar-refractivity contribution is -0.149. The molecule has 0 saturated carbocycles. The van der Waals surface area contributed by atoms with Crippen molar-refractivity contribution in [2.75, 3.05) is 27.4 Å². The number of aliphatic hydroxyl groups is 1. The van der Waals surface area contributed by atoms with Gasteiger partial charge in [-0.05, 0) is 121 Å². The second kappa shape index (κ2) is 17.0. The highest BCUT2D eigenvalue weighted by Crippen LogP contribution is 2.39. The number of hydrogen-bond donors (Lipinski definition) is 3. The first kappa shape index (κ1) is 45.2. The summed E-state index contributed by atoms with van der Waals surface area (Å²) < 4.78 is 16.2. The lowest BCUT2D eigenvalue weighted by Gasteiger charge is -2.28. The Morgan fingerprint density at radius 2 is 1.02 bits per heavy atom. The number of halogens is 1. The largest absolute Gasteiger partial charge is 0.509 e. The molecular weight excluding hydrogens is 696 g/mol. The summed E-state index contributed by atoms with van der Waals surface area (Å²) in [5.41, 5.74) is 5.76. The van der Waals surface area contributed by atoms with Gasteiger partial charge in [0.05, 0.1) is 29.8 Å². The second-order valence-electron chi connectivity index (χ2n) is 16.6. The number of aryl methyl sites for hydroxylation is 6. The molecule has 2 heterocycles. The average molecular weight is 755 g/mol. The number of benzene rings is 2. The van der Waals surface area contributed by atoms with Gasteiger partial charge in [-0.3, -0.25) is 19.2 Å². The Balaban J connectivity index is 0.000000318. The van der Waals surface area contributed by atoms with Gasteiger partial charge in [0.1, 0.15) is 22.6 Å². The highest BCUT2D eigenvalue weighted by Gasteiger charge is 2.47. The van der Waals surface area contributed by atoms with Crippen LogP contribution in [-0.4, -0.2) is 66.6 Å². The van der Waals surface area contributed by atoms with Gasteiger partial charge in [0.25, 0.3) is 11.8 Å². The molecule has 2 aromatic rings. The summed E-state index contributed by atoms with van der Waals surface area (Å²) >= 11 is 5.11. The minimum atomic E-state index is -0.897. The number of methoxy groups -OCH3 is 2. The van der Waals surface area contributed by atoms with Crippen molar-refractivity contribution >= 4 is 45.8 Å². The van der Waals surface area contributed by atoms with Crippen LogP contribution in [0, 0.1) is 52.4 Å². The Labute approximate surface area is 320 Å². The van der Waals surface area contributed by atoms with Crippen molar-refractivity contribution in [1.82, 2.24) is 10.6 Å². The molecule has 2 aliphatic rings. The van der Waals surface area contributed by atoms with E-state index in [-0.39, 0.29) is 47.4 Å². The van der Waals surface area contributed by atoms with Crippen LogP contribution in [0.3, 0.4) is 0 Å². The van der Waals surface area contributed by atoms with E-state index in [1.54, 1.807) is 62.7 Å². The molecule has 0 spiro atoms. The topological polar surface area (TPSA) is 140 Å². The third-order valence-corrected chi connectivity index (χ3v) is 9.40. The molecule has 2 aliphatic heterocycles. The van der Waals surface area contributed by atoms with Gasteiger partial charge in [-0.15, -0.1) is 0 Å². The van der Waals surface area contributed by atoms with Crippen LogP contribution in [0.25, 0.3) is 11.1 Å². The number of rotatable bonds is 7. The Bertz CT molecular complexity index is 1780. The van der Waals surface area contributed by atoms with Crippen LogP contribution in [0.2, 0.25) is 0 Å². The van der Waals surface area contributed by atoms with E-state index in [9.17, 15) is 24.3 Å². The van der Waals surface area contributed by atoms with E-state index < -0.39 is 16.5 Å². The summed E-state index contributed by atoms with van der Waals surface area (Å²) in [7, 11) is 3.10. The van der Waals surface area contributed by atoms with Crippen LogP contribution in [0.1, 0.15) is 99.9 Å².